The number of nitrogens with two attached hydrogens (primary N) is 3. The molecular weight excluding hydrogens is 462 g/mol. The molecule has 0 aromatic rings. The topological polar surface area (TPSA) is 215 Å². The first-order valence-corrected chi connectivity index (χ1v) is 12.0. The summed E-state index contributed by atoms with van der Waals surface area (Å²) < 4.78 is 0. The van der Waals surface area contributed by atoms with Crippen LogP contribution in [-0.2, 0) is 19.2 Å². The molecule has 34 heavy (non-hydrogen) atoms. The van der Waals surface area contributed by atoms with E-state index in [4.69, 9.17) is 17.2 Å². The number of hydrogen-bond donors (Lipinski definition) is 8. The van der Waals surface area contributed by atoms with Gasteiger partial charge in [-0.3, -0.25) is 19.4 Å². The predicted molar refractivity (Wildman–Crippen MR) is 134 cm³/mol. The Labute approximate surface area is 206 Å². The molecule has 0 bridgehead atoms. The van der Waals surface area contributed by atoms with Crippen LogP contribution in [0.5, 0.6) is 0 Å². The Morgan fingerprint density at radius 1 is 0.971 bits per heavy atom. The highest BCUT2D eigenvalue weighted by Gasteiger charge is 2.32. The van der Waals surface area contributed by atoms with Gasteiger partial charge in [-0.05, 0) is 31.1 Å². The van der Waals surface area contributed by atoms with Crippen LogP contribution in [0.15, 0.2) is 4.99 Å². The highest BCUT2D eigenvalue weighted by molar-refractivity contribution is 7.80. The van der Waals surface area contributed by atoms with E-state index in [9.17, 15) is 24.3 Å². The van der Waals surface area contributed by atoms with Crippen molar-refractivity contribution in [3.63, 3.8) is 0 Å². The van der Waals surface area contributed by atoms with Crippen LogP contribution in [0, 0.1) is 11.8 Å². The maximum absolute atomic E-state index is 13.1. The Kier molecular flexibility index (Phi) is 14.9. The molecule has 0 aliphatic rings. The molecule has 3 amide bonds. The number of nitrogens with one attached hydrogen (secondary N) is 3. The number of nitrogens with zero attached hydrogens (tertiary/aromatic N) is 1. The molecule has 12 nitrogen and oxygen atoms in total. The molecule has 0 aliphatic carbocycles. The average molecular weight is 504 g/mol. The van der Waals surface area contributed by atoms with E-state index in [0.717, 1.165) is 0 Å². The molecule has 0 aromatic heterocycles. The fraction of sp³-hybridized carbons (Fsp3) is 0.762. The highest BCUT2D eigenvalue weighted by Crippen LogP contribution is 2.12. The van der Waals surface area contributed by atoms with Gasteiger partial charge in [0.1, 0.15) is 18.1 Å². The van der Waals surface area contributed by atoms with E-state index < -0.39 is 47.9 Å². The van der Waals surface area contributed by atoms with E-state index in [1.807, 2.05) is 20.8 Å². The van der Waals surface area contributed by atoms with Crippen LogP contribution in [0.4, 0.5) is 0 Å². The lowest BCUT2D eigenvalue weighted by Gasteiger charge is -2.28. The maximum atomic E-state index is 13.1. The number of thiol groups is 1. The maximum Gasteiger partial charge on any atom is 0.327 e. The Bertz CT molecular complexity index is 716. The molecule has 0 aromatic carbocycles. The lowest BCUT2D eigenvalue weighted by Crippen LogP contribution is -2.59. The second-order valence-electron chi connectivity index (χ2n) is 8.70. The van der Waals surface area contributed by atoms with Crippen molar-refractivity contribution < 1.29 is 24.3 Å². The molecular formula is C21H41N7O5S. The summed E-state index contributed by atoms with van der Waals surface area (Å²) in [7, 11) is 0. The van der Waals surface area contributed by atoms with Gasteiger partial charge < -0.3 is 38.3 Å². The molecule has 0 aliphatic heterocycles. The summed E-state index contributed by atoms with van der Waals surface area (Å²) in [6, 6.07) is -3.96. The van der Waals surface area contributed by atoms with Crippen molar-refractivity contribution in [2.24, 2.45) is 34.0 Å². The minimum atomic E-state index is -1.23. The fourth-order valence-electron chi connectivity index (χ4n) is 3.03. The minimum absolute atomic E-state index is 0.0330. The zero-order valence-electron chi connectivity index (χ0n) is 20.4. The molecule has 0 saturated heterocycles. The number of aliphatic imine (C=N–C) groups is 1. The van der Waals surface area contributed by atoms with Crippen molar-refractivity contribution in [1.29, 1.82) is 0 Å². The summed E-state index contributed by atoms with van der Waals surface area (Å²) in [6.07, 6.45) is 1.66. The van der Waals surface area contributed by atoms with Crippen LogP contribution < -0.4 is 33.2 Å². The number of carboxylic acid groups (broad SMARTS) is 1. The lowest BCUT2D eigenvalue weighted by atomic mass is 9.96. The van der Waals surface area contributed by atoms with E-state index in [-0.39, 0.29) is 30.0 Å². The first-order valence-electron chi connectivity index (χ1n) is 11.4. The Balaban J connectivity index is 5.36. The van der Waals surface area contributed by atoms with Crippen molar-refractivity contribution >= 4 is 42.3 Å². The zero-order chi connectivity index (χ0) is 26.4. The minimum Gasteiger partial charge on any atom is -0.480 e. The van der Waals surface area contributed by atoms with E-state index in [1.54, 1.807) is 6.92 Å². The van der Waals surface area contributed by atoms with E-state index in [2.05, 4.69) is 33.6 Å². The summed E-state index contributed by atoms with van der Waals surface area (Å²) in [5.74, 6) is -3.27. The smallest absolute Gasteiger partial charge is 0.327 e. The molecule has 0 rings (SSSR count). The molecule has 5 atom stereocenters. The molecule has 5 unspecified atom stereocenters. The molecule has 10 N–H and O–H groups in total. The first-order chi connectivity index (χ1) is 15.8. The van der Waals surface area contributed by atoms with Crippen molar-refractivity contribution in [1.82, 2.24) is 16.0 Å². The standard InChI is InChI=1S/C21H41N7O5S/c1-5-12(4)16(28-17(29)13(22)7-6-8-25-21(23)24)19(31)26-14(9-11(2)3)18(30)27-15(10-34)20(32)33/h11-16,34H,5-10,22H2,1-4H3,(H,26,31)(H,27,30)(H,28,29)(H,32,33)(H4,23,24,25). The van der Waals surface area contributed by atoms with Crippen LogP contribution in [0.3, 0.4) is 0 Å². The third kappa shape index (κ3) is 12.1. The lowest BCUT2D eigenvalue weighted by molar-refractivity contribution is -0.141. The molecule has 0 heterocycles. The number of carboxylic acids is 1. The SMILES string of the molecule is CCC(C)C(NC(=O)C(N)CCCN=C(N)N)C(=O)NC(CC(C)C)C(=O)NC(CS)C(=O)O. The highest BCUT2D eigenvalue weighted by atomic mass is 32.1. The van der Waals surface area contributed by atoms with Gasteiger partial charge in [0.25, 0.3) is 0 Å². The Morgan fingerprint density at radius 3 is 2.03 bits per heavy atom. The first kappa shape index (κ1) is 31.5. The molecule has 0 saturated carbocycles. The molecule has 196 valence electrons. The van der Waals surface area contributed by atoms with Crippen molar-refractivity contribution in [3.8, 4) is 0 Å². The number of guanidine groups is 1. The predicted octanol–water partition coefficient (Wildman–Crippen LogP) is -1.07. The van der Waals surface area contributed by atoms with Gasteiger partial charge in [0, 0.05) is 12.3 Å². The van der Waals surface area contributed by atoms with Gasteiger partial charge in [-0.1, -0.05) is 34.1 Å². The van der Waals surface area contributed by atoms with Crippen LogP contribution in [0.25, 0.3) is 0 Å². The summed E-state index contributed by atoms with van der Waals surface area (Å²) in [5.41, 5.74) is 16.5. The largest absolute Gasteiger partial charge is 0.480 e. The van der Waals surface area contributed by atoms with Crippen LogP contribution >= 0.6 is 12.6 Å². The van der Waals surface area contributed by atoms with Crippen LogP contribution in [-0.4, -0.2) is 71.2 Å². The number of hydrogen-bond acceptors (Lipinski definition) is 7. The van der Waals surface area contributed by atoms with Gasteiger partial charge in [-0.2, -0.15) is 12.6 Å². The zero-order valence-corrected chi connectivity index (χ0v) is 21.3. The fourth-order valence-corrected chi connectivity index (χ4v) is 3.28. The summed E-state index contributed by atoms with van der Waals surface area (Å²) in [4.78, 5) is 53.5. The van der Waals surface area contributed by atoms with E-state index in [0.29, 0.717) is 25.8 Å². The number of carbonyl (C=O) groups is 4. The second-order valence-corrected chi connectivity index (χ2v) is 9.06. The van der Waals surface area contributed by atoms with E-state index >= 15 is 0 Å². The molecule has 0 spiro atoms. The third-order valence-electron chi connectivity index (χ3n) is 5.23. The molecule has 13 heteroatoms. The van der Waals surface area contributed by atoms with E-state index in [1.165, 1.54) is 0 Å². The van der Waals surface area contributed by atoms with Crippen LogP contribution in [0.2, 0.25) is 0 Å². The van der Waals surface area contributed by atoms with Gasteiger partial charge in [-0.25, -0.2) is 4.79 Å². The summed E-state index contributed by atoms with van der Waals surface area (Å²) in [6.45, 7) is 7.74. The average Bonchev–Trinajstić information content (AvgIpc) is 2.76. The van der Waals surface area contributed by atoms with Crippen molar-refractivity contribution in [2.75, 3.05) is 12.3 Å². The Hall–Kier alpha value is -2.54. The number of aliphatic carboxylic acids is 1. The van der Waals surface area contributed by atoms with Crippen molar-refractivity contribution in [2.45, 2.75) is 77.5 Å². The Morgan fingerprint density at radius 2 is 1.56 bits per heavy atom. The van der Waals surface area contributed by atoms with Crippen molar-refractivity contribution in [3.05, 3.63) is 0 Å². The van der Waals surface area contributed by atoms with Crippen LogP contribution in [0.1, 0.15) is 53.4 Å². The number of rotatable bonds is 16. The van der Waals surface area contributed by atoms with Gasteiger partial charge in [0.2, 0.25) is 17.7 Å². The number of carbonyl (C=O) groups excluding carboxylic acids is 3. The van der Waals surface area contributed by atoms with Gasteiger partial charge >= 0.3 is 5.97 Å². The van der Waals surface area contributed by atoms with Gasteiger partial charge in [-0.15, -0.1) is 0 Å². The number of amides is 3. The quantitative estimate of drug-likeness (QED) is 0.0560. The van der Waals surface area contributed by atoms with Gasteiger partial charge in [0.05, 0.1) is 6.04 Å². The van der Waals surface area contributed by atoms with Gasteiger partial charge in [0.15, 0.2) is 5.96 Å². The molecule has 0 radical (unpaired) electrons. The molecule has 0 fully saturated rings. The summed E-state index contributed by atoms with van der Waals surface area (Å²) >= 11 is 3.95. The normalized spacial score (nSPS) is 15.4. The summed E-state index contributed by atoms with van der Waals surface area (Å²) in [5, 5.41) is 16.9. The third-order valence-corrected chi connectivity index (χ3v) is 5.60. The second kappa shape index (κ2) is 16.1. The monoisotopic (exact) mass is 503 g/mol.